The second-order valence-electron chi connectivity index (χ2n) is 9.13. The van der Waals surface area contributed by atoms with E-state index in [-0.39, 0.29) is 17.9 Å². The summed E-state index contributed by atoms with van der Waals surface area (Å²) in [5.41, 5.74) is 10.5. The molecule has 8 heteroatoms. The summed E-state index contributed by atoms with van der Waals surface area (Å²) in [4.78, 5) is 26.9. The molecule has 0 aliphatic carbocycles. The molecule has 35 heavy (non-hydrogen) atoms. The van der Waals surface area contributed by atoms with Gasteiger partial charge < -0.3 is 15.4 Å². The molecule has 2 aliphatic heterocycles. The lowest BCUT2D eigenvalue weighted by Crippen LogP contribution is -2.39. The summed E-state index contributed by atoms with van der Waals surface area (Å²) < 4.78 is 5.44. The van der Waals surface area contributed by atoms with Crippen molar-refractivity contribution in [3.8, 4) is 11.1 Å². The minimum atomic E-state index is -0.166. The number of nitrogens with two attached hydrogens (primary N) is 1. The molecule has 2 saturated heterocycles. The third kappa shape index (κ3) is 5.48. The van der Waals surface area contributed by atoms with E-state index < -0.39 is 0 Å². The zero-order valence-corrected chi connectivity index (χ0v) is 20.5. The number of piperidine rings is 1. The number of carbonyl (C=O) groups is 1. The van der Waals surface area contributed by atoms with Crippen molar-refractivity contribution in [3.63, 3.8) is 0 Å². The number of ether oxygens (including phenoxy) is 1. The first kappa shape index (κ1) is 23.7. The van der Waals surface area contributed by atoms with Crippen LogP contribution in [0.2, 0.25) is 5.02 Å². The Morgan fingerprint density at radius 1 is 1.03 bits per heavy atom. The quantitative estimate of drug-likeness (QED) is 0.562. The van der Waals surface area contributed by atoms with Gasteiger partial charge in [-0.05, 0) is 54.7 Å². The van der Waals surface area contributed by atoms with Crippen LogP contribution in [0.3, 0.4) is 0 Å². The van der Waals surface area contributed by atoms with E-state index in [1.165, 1.54) is 5.56 Å². The Morgan fingerprint density at radius 2 is 1.77 bits per heavy atom. The van der Waals surface area contributed by atoms with Gasteiger partial charge in [-0.1, -0.05) is 35.9 Å². The van der Waals surface area contributed by atoms with Crippen LogP contribution in [0.5, 0.6) is 0 Å². The molecule has 2 fully saturated rings. The number of amides is 1. The maximum absolute atomic E-state index is 13.7. The predicted molar refractivity (Wildman–Crippen MR) is 137 cm³/mol. The Bertz CT molecular complexity index is 1160. The van der Waals surface area contributed by atoms with Crippen LogP contribution in [0, 0.1) is 0 Å². The van der Waals surface area contributed by atoms with Gasteiger partial charge in [0.05, 0.1) is 24.9 Å². The standard InChI is InChI=1S/C27H30ClN5O2/c28-22-10-8-20(9-11-22)23-17-30-27(29)31-25(23)24-3-1-2-12-33(24)26(34)21-6-4-19(5-7-21)18-32-13-15-35-16-14-32/h4-11,17,24H,1-3,12-16,18H2,(H2,29,30,31)/t24-/m0/s1. The van der Waals surface area contributed by atoms with Crippen LogP contribution < -0.4 is 5.73 Å². The molecule has 7 nitrogen and oxygen atoms in total. The number of aromatic nitrogens is 2. The van der Waals surface area contributed by atoms with E-state index in [4.69, 9.17) is 22.1 Å². The normalized spacial score (nSPS) is 19.0. The lowest BCUT2D eigenvalue weighted by molar-refractivity contribution is 0.0342. The zero-order chi connectivity index (χ0) is 24.2. The van der Waals surface area contributed by atoms with Crippen LogP contribution in [0.15, 0.2) is 54.7 Å². The molecule has 1 atom stereocenters. The molecule has 2 aromatic carbocycles. The fourth-order valence-electron chi connectivity index (χ4n) is 4.91. The molecule has 5 rings (SSSR count). The first-order valence-corrected chi connectivity index (χ1v) is 12.5. The number of rotatable bonds is 5. The van der Waals surface area contributed by atoms with Crippen LogP contribution in [0.25, 0.3) is 11.1 Å². The Labute approximate surface area is 210 Å². The molecule has 1 amide bonds. The van der Waals surface area contributed by atoms with Crippen LogP contribution in [0.4, 0.5) is 5.95 Å². The van der Waals surface area contributed by atoms with Crippen LogP contribution in [-0.2, 0) is 11.3 Å². The smallest absolute Gasteiger partial charge is 0.254 e. The molecule has 1 aromatic heterocycles. The second-order valence-corrected chi connectivity index (χ2v) is 9.57. The third-order valence-corrected chi connectivity index (χ3v) is 7.03. The summed E-state index contributed by atoms with van der Waals surface area (Å²) in [5, 5.41) is 0.665. The Balaban J connectivity index is 1.40. The van der Waals surface area contributed by atoms with Gasteiger partial charge in [0.1, 0.15) is 0 Å². The maximum Gasteiger partial charge on any atom is 0.254 e. The first-order chi connectivity index (χ1) is 17.1. The largest absolute Gasteiger partial charge is 0.379 e. The number of likely N-dealkylation sites (tertiary alicyclic amines) is 1. The molecule has 3 heterocycles. The number of morpholine rings is 1. The third-order valence-electron chi connectivity index (χ3n) is 6.78. The molecule has 0 bridgehead atoms. The SMILES string of the molecule is Nc1ncc(-c2ccc(Cl)cc2)c([C@@H]2CCCCN2C(=O)c2ccc(CN3CCOCC3)cc2)n1. The predicted octanol–water partition coefficient (Wildman–Crippen LogP) is 4.58. The molecule has 2 N–H and O–H groups in total. The minimum Gasteiger partial charge on any atom is -0.379 e. The Kier molecular flexibility index (Phi) is 7.27. The van der Waals surface area contributed by atoms with E-state index in [0.29, 0.717) is 17.1 Å². The average molecular weight is 492 g/mol. The fraction of sp³-hybridized carbons (Fsp3) is 0.370. The summed E-state index contributed by atoms with van der Waals surface area (Å²) in [5.74, 6) is 0.231. The number of halogens is 1. The summed E-state index contributed by atoms with van der Waals surface area (Å²) in [6, 6.07) is 15.4. The van der Waals surface area contributed by atoms with E-state index in [2.05, 4.69) is 27.0 Å². The van der Waals surface area contributed by atoms with Crippen molar-refractivity contribution in [1.82, 2.24) is 19.8 Å². The lowest BCUT2D eigenvalue weighted by atomic mass is 9.93. The summed E-state index contributed by atoms with van der Waals surface area (Å²) >= 11 is 6.10. The number of hydrogen-bond acceptors (Lipinski definition) is 6. The van der Waals surface area contributed by atoms with Crippen molar-refractivity contribution >= 4 is 23.5 Å². The van der Waals surface area contributed by atoms with Crippen LogP contribution in [-0.4, -0.2) is 58.5 Å². The second kappa shape index (κ2) is 10.7. The topological polar surface area (TPSA) is 84.6 Å². The Morgan fingerprint density at radius 3 is 2.51 bits per heavy atom. The summed E-state index contributed by atoms with van der Waals surface area (Å²) in [7, 11) is 0. The fourth-order valence-corrected chi connectivity index (χ4v) is 5.04. The highest BCUT2D eigenvalue weighted by Gasteiger charge is 2.32. The number of benzene rings is 2. The van der Waals surface area contributed by atoms with Crippen molar-refractivity contribution in [2.75, 3.05) is 38.6 Å². The van der Waals surface area contributed by atoms with Crippen LogP contribution >= 0.6 is 11.6 Å². The molecular formula is C27H30ClN5O2. The average Bonchev–Trinajstić information content (AvgIpc) is 2.90. The number of nitrogen functional groups attached to an aromatic ring is 1. The molecule has 2 aliphatic rings. The van der Waals surface area contributed by atoms with E-state index >= 15 is 0 Å². The van der Waals surface area contributed by atoms with Gasteiger partial charge >= 0.3 is 0 Å². The lowest BCUT2D eigenvalue weighted by Gasteiger charge is -2.36. The number of nitrogens with zero attached hydrogens (tertiary/aromatic N) is 4. The molecular weight excluding hydrogens is 462 g/mol. The monoisotopic (exact) mass is 491 g/mol. The number of anilines is 1. The van der Waals surface area contributed by atoms with Crippen molar-refractivity contribution in [2.24, 2.45) is 0 Å². The zero-order valence-electron chi connectivity index (χ0n) is 19.7. The summed E-state index contributed by atoms with van der Waals surface area (Å²) in [6.07, 6.45) is 4.57. The van der Waals surface area contributed by atoms with Crippen molar-refractivity contribution in [3.05, 3.63) is 76.6 Å². The highest BCUT2D eigenvalue weighted by Crippen LogP contribution is 2.37. The van der Waals surface area contributed by atoms with Crippen molar-refractivity contribution in [2.45, 2.75) is 31.8 Å². The highest BCUT2D eigenvalue weighted by atomic mass is 35.5. The van der Waals surface area contributed by atoms with Gasteiger partial charge in [0.25, 0.3) is 5.91 Å². The number of hydrogen-bond donors (Lipinski definition) is 1. The summed E-state index contributed by atoms with van der Waals surface area (Å²) in [6.45, 7) is 4.98. The molecule has 0 radical (unpaired) electrons. The van der Waals surface area contributed by atoms with E-state index in [0.717, 1.165) is 68.9 Å². The molecule has 0 saturated carbocycles. The highest BCUT2D eigenvalue weighted by molar-refractivity contribution is 6.30. The molecule has 0 unspecified atom stereocenters. The van der Waals surface area contributed by atoms with E-state index in [9.17, 15) is 4.79 Å². The minimum absolute atomic E-state index is 0.0202. The Hall–Kier alpha value is -3.00. The first-order valence-electron chi connectivity index (χ1n) is 12.2. The van der Waals surface area contributed by atoms with Gasteiger partial charge in [-0.15, -0.1) is 0 Å². The van der Waals surface area contributed by atoms with Gasteiger partial charge in [0, 0.05) is 48.5 Å². The molecule has 0 spiro atoms. The van der Waals surface area contributed by atoms with Crippen LogP contribution in [0.1, 0.15) is 46.9 Å². The van der Waals surface area contributed by atoms with Gasteiger partial charge in [-0.3, -0.25) is 9.69 Å². The van der Waals surface area contributed by atoms with E-state index in [1.54, 1.807) is 6.20 Å². The van der Waals surface area contributed by atoms with Crippen molar-refractivity contribution < 1.29 is 9.53 Å². The molecule has 182 valence electrons. The van der Waals surface area contributed by atoms with E-state index in [1.807, 2.05) is 41.3 Å². The molecule has 3 aromatic rings. The number of carbonyl (C=O) groups excluding carboxylic acids is 1. The van der Waals surface area contributed by atoms with Gasteiger partial charge in [-0.2, -0.15) is 0 Å². The maximum atomic E-state index is 13.7. The van der Waals surface area contributed by atoms with Gasteiger partial charge in [-0.25, -0.2) is 9.97 Å². The van der Waals surface area contributed by atoms with Gasteiger partial charge in [0.15, 0.2) is 0 Å². The van der Waals surface area contributed by atoms with Crippen molar-refractivity contribution in [1.29, 1.82) is 0 Å². The van der Waals surface area contributed by atoms with Gasteiger partial charge in [0.2, 0.25) is 5.95 Å².